The Hall–Kier alpha value is -4.41. The zero-order valence-electron chi connectivity index (χ0n) is 35.8. The molecular formula is C45H57NO14. The first-order valence-corrected chi connectivity index (χ1v) is 20.4. The molecule has 0 aromatic heterocycles. The van der Waals surface area contributed by atoms with Gasteiger partial charge in [0.25, 0.3) is 0 Å². The summed E-state index contributed by atoms with van der Waals surface area (Å²) in [4.78, 5) is 71.0. The van der Waals surface area contributed by atoms with Gasteiger partial charge in [0.2, 0.25) is 0 Å². The van der Waals surface area contributed by atoms with E-state index in [1.165, 1.54) is 21.1 Å². The number of nitrogens with one attached hydrogen (secondary N) is 1. The molecule has 2 aromatic rings. The van der Waals surface area contributed by atoms with Crippen molar-refractivity contribution in [1.29, 1.82) is 0 Å². The molecule has 15 heteroatoms. The molecule has 7 rings (SSSR count). The second-order valence-corrected chi connectivity index (χ2v) is 18.8. The van der Waals surface area contributed by atoms with Crippen LogP contribution in [0.25, 0.3) is 0 Å². The van der Waals surface area contributed by atoms with Crippen molar-refractivity contribution in [3.63, 3.8) is 0 Å². The molecule has 4 saturated carbocycles. The first-order chi connectivity index (χ1) is 28.1. The number of hydrogen-bond donors (Lipinski definition) is 3. The number of fused-ring (bicyclic) bond motifs is 2. The molecule has 13 atom stereocenters. The summed E-state index contributed by atoms with van der Waals surface area (Å²) in [6, 6.07) is 15.2. The van der Waals surface area contributed by atoms with Crippen LogP contribution in [0.4, 0.5) is 4.79 Å². The van der Waals surface area contributed by atoms with Gasteiger partial charge in [0, 0.05) is 50.7 Å². The van der Waals surface area contributed by atoms with Crippen molar-refractivity contribution in [3.05, 3.63) is 71.8 Å². The molecule has 1 heterocycles. The Balaban J connectivity index is 1.42. The number of hydrogen-bond acceptors (Lipinski definition) is 14. The van der Waals surface area contributed by atoms with Crippen LogP contribution in [0.2, 0.25) is 0 Å². The largest absolute Gasteiger partial charge is 0.460 e. The summed E-state index contributed by atoms with van der Waals surface area (Å²) in [5.41, 5.74) is -10.9. The number of methoxy groups -OCH3 is 2. The maximum atomic E-state index is 15.6. The third-order valence-electron chi connectivity index (χ3n) is 14.9. The molecule has 2 bridgehead atoms. The van der Waals surface area contributed by atoms with Gasteiger partial charge in [-0.3, -0.25) is 9.59 Å². The summed E-state index contributed by atoms with van der Waals surface area (Å²) >= 11 is 0. The number of ketones is 1. The van der Waals surface area contributed by atoms with Crippen LogP contribution >= 0.6 is 0 Å². The van der Waals surface area contributed by atoms with E-state index in [-0.39, 0.29) is 25.0 Å². The van der Waals surface area contributed by atoms with E-state index in [0.717, 1.165) is 0 Å². The van der Waals surface area contributed by atoms with E-state index in [1.807, 2.05) is 0 Å². The fraction of sp³-hybridized carbons (Fsp3) is 0.622. The maximum Gasteiger partial charge on any atom is 0.408 e. The minimum Gasteiger partial charge on any atom is -0.460 e. The number of amides is 1. The molecule has 2 aromatic carbocycles. The normalized spacial score (nSPS) is 38.2. The van der Waals surface area contributed by atoms with Gasteiger partial charge in [0.1, 0.15) is 35.6 Å². The molecule has 3 N–H and O–H groups in total. The van der Waals surface area contributed by atoms with E-state index in [1.54, 1.807) is 109 Å². The number of aliphatic hydroxyl groups excluding tert-OH is 1. The van der Waals surface area contributed by atoms with Crippen molar-refractivity contribution < 1.29 is 67.3 Å². The van der Waals surface area contributed by atoms with Gasteiger partial charge in [0.15, 0.2) is 17.5 Å². The van der Waals surface area contributed by atoms with Crippen LogP contribution in [0, 0.1) is 27.6 Å². The van der Waals surface area contributed by atoms with Crippen molar-refractivity contribution in [2.24, 2.45) is 27.6 Å². The van der Waals surface area contributed by atoms with E-state index in [2.05, 4.69) is 5.32 Å². The quantitative estimate of drug-likeness (QED) is 0.226. The van der Waals surface area contributed by atoms with E-state index in [4.69, 9.17) is 33.2 Å². The highest BCUT2D eigenvalue weighted by Gasteiger charge is 3.01. The van der Waals surface area contributed by atoms with Crippen molar-refractivity contribution in [2.75, 3.05) is 20.8 Å². The van der Waals surface area contributed by atoms with Crippen molar-refractivity contribution in [3.8, 4) is 0 Å². The zero-order valence-corrected chi connectivity index (χ0v) is 35.8. The molecule has 1 saturated heterocycles. The van der Waals surface area contributed by atoms with Gasteiger partial charge in [-0.15, -0.1) is 0 Å². The Morgan fingerprint density at radius 1 is 0.933 bits per heavy atom. The third kappa shape index (κ3) is 5.54. The summed E-state index contributed by atoms with van der Waals surface area (Å²) < 4.78 is 43.6. The highest BCUT2D eigenvalue weighted by Crippen LogP contribution is 2.89. The summed E-state index contributed by atoms with van der Waals surface area (Å²) in [6.45, 7) is 13.0. The second kappa shape index (κ2) is 14.6. The summed E-state index contributed by atoms with van der Waals surface area (Å²) in [7, 11) is 2.83. The average molecular weight is 836 g/mol. The van der Waals surface area contributed by atoms with Crippen LogP contribution in [0.1, 0.15) is 90.2 Å². The van der Waals surface area contributed by atoms with E-state index < -0.39 is 117 Å². The van der Waals surface area contributed by atoms with Crippen molar-refractivity contribution in [2.45, 2.75) is 128 Å². The lowest BCUT2D eigenvalue weighted by atomic mass is 9.37. The van der Waals surface area contributed by atoms with Crippen molar-refractivity contribution >= 4 is 29.8 Å². The highest BCUT2D eigenvalue weighted by atomic mass is 16.6. The number of ether oxygens (including phenoxy) is 7. The van der Waals surface area contributed by atoms with Crippen LogP contribution in [0.5, 0.6) is 0 Å². The topological polar surface area (TPSA) is 202 Å². The predicted octanol–water partition coefficient (Wildman–Crippen LogP) is 4.26. The number of benzene rings is 2. The van der Waals surface area contributed by atoms with Gasteiger partial charge in [-0.25, -0.2) is 14.4 Å². The van der Waals surface area contributed by atoms with Gasteiger partial charge in [0.05, 0.1) is 35.1 Å². The minimum absolute atomic E-state index is 0.114. The molecule has 5 aliphatic rings. The average Bonchev–Trinajstić information content (AvgIpc) is 3.41. The number of carbonyl (C=O) groups is 5. The molecule has 5 fully saturated rings. The number of carbonyl (C=O) groups excluding carboxylic acids is 5. The fourth-order valence-electron chi connectivity index (χ4n) is 12.7. The zero-order chi connectivity index (χ0) is 44.0. The van der Waals surface area contributed by atoms with Crippen LogP contribution < -0.4 is 5.32 Å². The van der Waals surface area contributed by atoms with Gasteiger partial charge in [-0.05, 0) is 45.4 Å². The lowest BCUT2D eigenvalue weighted by Crippen LogP contribution is -2.84. The number of aliphatic hydroxyl groups is 2. The minimum atomic E-state index is -2.14. The Morgan fingerprint density at radius 3 is 2.08 bits per heavy atom. The standard InChI is InChI=1S/C45H57NO14/c1-24-28(57-36(51)32(48)31(26-17-13-11-14-18-26)46-38(52)60-39(3,4)5)22-42(53)37(58-35(50)27-19-15-12-16-20-27)45-41(8,33(49)34(55-10)44(24,45)40(42,6)7)29(54-9)21-30-43(45,23-56-30)59-25(2)47/h11-20,24,28-32,34,37,48,53H,21-23H2,1-10H3,(H,46,52)/t24?,28-,29-,30+,31-,32+,34-,37+,41-,42+,43-,44?,45?/m0/s1. The maximum absolute atomic E-state index is 15.6. The van der Waals surface area contributed by atoms with Crippen molar-refractivity contribution in [1.82, 2.24) is 5.32 Å². The van der Waals surface area contributed by atoms with E-state index in [0.29, 0.717) is 5.56 Å². The van der Waals surface area contributed by atoms with Crippen LogP contribution in [-0.4, -0.2) is 114 Å². The lowest BCUT2D eigenvalue weighted by Gasteiger charge is -2.71. The molecule has 1 aliphatic heterocycles. The number of rotatable bonds is 10. The molecule has 15 nitrogen and oxygen atoms in total. The molecule has 60 heavy (non-hydrogen) atoms. The lowest BCUT2D eigenvalue weighted by molar-refractivity contribution is -0.388. The molecule has 326 valence electrons. The van der Waals surface area contributed by atoms with E-state index >= 15 is 4.79 Å². The Kier molecular flexibility index (Phi) is 10.6. The smallest absolute Gasteiger partial charge is 0.408 e. The molecular weight excluding hydrogens is 778 g/mol. The number of alkyl carbamates (subject to hydrolysis) is 1. The monoisotopic (exact) mass is 835 g/mol. The molecule has 3 unspecified atom stereocenters. The first kappa shape index (κ1) is 43.7. The van der Waals surface area contributed by atoms with Crippen LogP contribution in [-0.2, 0) is 47.5 Å². The van der Waals surface area contributed by atoms with Gasteiger partial charge in [-0.2, -0.15) is 0 Å². The van der Waals surface area contributed by atoms with Gasteiger partial charge >= 0.3 is 24.0 Å². The molecule has 4 aliphatic carbocycles. The Morgan fingerprint density at radius 2 is 1.55 bits per heavy atom. The van der Waals surface area contributed by atoms with E-state index in [9.17, 15) is 29.4 Å². The van der Waals surface area contributed by atoms with Gasteiger partial charge < -0.3 is 48.7 Å². The summed E-state index contributed by atoms with van der Waals surface area (Å²) in [5.74, 6) is -4.04. The van der Waals surface area contributed by atoms with Crippen LogP contribution in [0.3, 0.4) is 0 Å². The first-order valence-electron chi connectivity index (χ1n) is 20.4. The Labute approximate surface area is 349 Å². The molecule has 1 amide bonds. The predicted molar refractivity (Wildman–Crippen MR) is 211 cm³/mol. The van der Waals surface area contributed by atoms with Gasteiger partial charge in [-0.1, -0.05) is 69.3 Å². The highest BCUT2D eigenvalue weighted by molar-refractivity contribution is 5.97. The number of esters is 3. The Bertz CT molecular complexity index is 2040. The summed E-state index contributed by atoms with van der Waals surface area (Å²) in [6.07, 6.45) is -9.22. The third-order valence-corrected chi connectivity index (χ3v) is 14.9. The molecule has 0 radical (unpaired) electrons. The van der Waals surface area contributed by atoms with Crippen LogP contribution in [0.15, 0.2) is 60.7 Å². The fourth-order valence-corrected chi connectivity index (χ4v) is 12.7. The number of Topliss-reactive ketones (excluding diaryl/α,β-unsaturated/α-hetero) is 1. The summed E-state index contributed by atoms with van der Waals surface area (Å²) in [5, 5.41) is 28.2. The SMILES string of the molecule is CO[C@H]1C[C@H]2OC[C@@]2(OC(C)=O)C23[C@H](OC(=O)c4ccccc4)[C@]4(O)C[C@H](OC(=O)[C@H](O)[C@@H](NC(=O)OC(C)(C)C)c5ccccc5)C(C)C2([C@@H](OC)C(=O)[C@]13C)C4(C)C. The molecule has 2 spiro atoms. The second-order valence-electron chi connectivity index (χ2n) is 18.8.